The molecule has 2 heterocycles. The highest BCUT2D eigenvalue weighted by Gasteiger charge is 2.33. The van der Waals surface area contributed by atoms with E-state index in [1.165, 1.54) is 7.11 Å². The first kappa shape index (κ1) is 15.7. The molecule has 21 heavy (non-hydrogen) atoms. The predicted octanol–water partition coefficient (Wildman–Crippen LogP) is 1.15. The van der Waals surface area contributed by atoms with Crippen molar-refractivity contribution in [3.63, 3.8) is 0 Å². The van der Waals surface area contributed by atoms with Crippen LogP contribution in [0.5, 0.6) is 5.88 Å². The zero-order chi connectivity index (χ0) is 15.5. The molecule has 1 aromatic heterocycles. The van der Waals surface area contributed by atoms with Gasteiger partial charge in [-0.1, -0.05) is 6.92 Å². The van der Waals surface area contributed by atoms with Crippen molar-refractivity contribution in [2.45, 2.75) is 38.5 Å². The van der Waals surface area contributed by atoms with Gasteiger partial charge >= 0.3 is 5.97 Å². The second-order valence-electron chi connectivity index (χ2n) is 5.71. The molecule has 116 valence electrons. The minimum Gasteiger partial charge on any atom is -0.481 e. The lowest BCUT2D eigenvalue weighted by Gasteiger charge is -2.33. The fraction of sp³-hybridized carbons (Fsp3) is 0.667. The van der Waals surface area contributed by atoms with Crippen molar-refractivity contribution in [2.75, 3.05) is 27.3 Å². The van der Waals surface area contributed by atoms with E-state index in [-0.39, 0.29) is 17.8 Å². The lowest BCUT2D eigenvalue weighted by molar-refractivity contribution is -0.139. The van der Waals surface area contributed by atoms with E-state index in [9.17, 15) is 4.79 Å². The molecule has 0 bridgehead atoms. The molecular formula is C15H23N3O3. The fourth-order valence-corrected chi connectivity index (χ4v) is 2.68. The summed E-state index contributed by atoms with van der Waals surface area (Å²) in [6, 6.07) is 0. The molecule has 1 atom stereocenters. The summed E-state index contributed by atoms with van der Waals surface area (Å²) < 4.78 is 10.1. The zero-order valence-corrected chi connectivity index (χ0v) is 13.2. The molecule has 6 heteroatoms. The topological polar surface area (TPSA) is 73.3 Å². The second kappa shape index (κ2) is 6.39. The van der Waals surface area contributed by atoms with Crippen LogP contribution in [0.1, 0.15) is 36.8 Å². The van der Waals surface area contributed by atoms with Gasteiger partial charge in [-0.2, -0.15) is 4.98 Å². The summed E-state index contributed by atoms with van der Waals surface area (Å²) >= 11 is 0. The number of piperidine rings is 1. The Morgan fingerprint density at radius 3 is 2.71 bits per heavy atom. The highest BCUT2D eigenvalue weighted by atomic mass is 16.5. The molecule has 1 aromatic rings. The Morgan fingerprint density at radius 2 is 2.14 bits per heavy atom. The van der Waals surface area contributed by atoms with E-state index in [1.54, 1.807) is 7.11 Å². The number of hydrogen-bond acceptors (Lipinski definition) is 6. The van der Waals surface area contributed by atoms with Crippen LogP contribution in [-0.4, -0.2) is 43.2 Å². The van der Waals surface area contributed by atoms with E-state index in [4.69, 9.17) is 9.47 Å². The molecule has 0 aliphatic carbocycles. The number of carbonyl (C=O) groups is 1. The quantitative estimate of drug-likeness (QED) is 0.840. The first-order valence-electron chi connectivity index (χ1n) is 7.19. The van der Waals surface area contributed by atoms with Gasteiger partial charge in [0.2, 0.25) is 5.88 Å². The Balaban J connectivity index is 2.38. The standard InChI is InChI=1S/C15H23N3O3/c1-10-11(8-12(19)20-3)13(21-4)18-14(17-10)15(2)6-5-7-16-9-15/h16H,5-9H2,1-4H3. The van der Waals surface area contributed by atoms with Crippen LogP contribution in [0.25, 0.3) is 0 Å². The second-order valence-corrected chi connectivity index (χ2v) is 5.71. The summed E-state index contributed by atoms with van der Waals surface area (Å²) in [6.07, 6.45) is 2.27. The number of esters is 1. The van der Waals surface area contributed by atoms with Gasteiger partial charge in [0.25, 0.3) is 0 Å². The first-order valence-corrected chi connectivity index (χ1v) is 7.19. The van der Waals surface area contributed by atoms with Crippen LogP contribution in [0.2, 0.25) is 0 Å². The first-order chi connectivity index (χ1) is 10.00. The van der Waals surface area contributed by atoms with Gasteiger partial charge < -0.3 is 14.8 Å². The molecule has 0 aromatic carbocycles. The normalized spacial score (nSPS) is 21.9. The number of methoxy groups -OCH3 is 2. The monoisotopic (exact) mass is 293 g/mol. The van der Waals surface area contributed by atoms with Crippen LogP contribution in [0.15, 0.2) is 0 Å². The number of rotatable bonds is 4. The Hall–Kier alpha value is -1.69. The maximum absolute atomic E-state index is 11.5. The Bertz CT molecular complexity index is 525. The van der Waals surface area contributed by atoms with Crippen LogP contribution in [-0.2, 0) is 21.4 Å². The van der Waals surface area contributed by atoms with Crippen molar-refractivity contribution in [3.05, 3.63) is 17.1 Å². The molecule has 1 aliphatic heterocycles. The molecular weight excluding hydrogens is 270 g/mol. The van der Waals surface area contributed by atoms with Crippen molar-refractivity contribution in [1.29, 1.82) is 0 Å². The van der Waals surface area contributed by atoms with Crippen LogP contribution < -0.4 is 10.1 Å². The molecule has 1 fully saturated rings. The third kappa shape index (κ3) is 3.32. The Kier molecular flexibility index (Phi) is 4.77. The molecule has 0 amide bonds. The average molecular weight is 293 g/mol. The van der Waals surface area contributed by atoms with E-state index in [1.807, 2.05) is 6.92 Å². The zero-order valence-electron chi connectivity index (χ0n) is 13.2. The number of hydrogen-bond donors (Lipinski definition) is 1. The summed E-state index contributed by atoms with van der Waals surface area (Å²) in [4.78, 5) is 20.7. The molecule has 6 nitrogen and oxygen atoms in total. The summed E-state index contributed by atoms with van der Waals surface area (Å²) in [5.74, 6) is 0.922. The number of aromatic nitrogens is 2. The summed E-state index contributed by atoms with van der Waals surface area (Å²) in [7, 11) is 2.93. The lowest BCUT2D eigenvalue weighted by Crippen LogP contribution is -2.42. The summed E-state index contributed by atoms with van der Waals surface area (Å²) in [6.45, 7) is 5.93. The van der Waals surface area contributed by atoms with E-state index in [0.717, 1.165) is 37.4 Å². The van der Waals surface area contributed by atoms with E-state index in [0.29, 0.717) is 11.4 Å². The Labute approximate surface area is 125 Å². The molecule has 1 aliphatic rings. The largest absolute Gasteiger partial charge is 0.481 e. The van der Waals surface area contributed by atoms with Gasteiger partial charge in [0.1, 0.15) is 5.82 Å². The van der Waals surface area contributed by atoms with Gasteiger partial charge in [0.05, 0.1) is 20.6 Å². The van der Waals surface area contributed by atoms with Crippen LogP contribution in [0.3, 0.4) is 0 Å². The molecule has 2 rings (SSSR count). The fourth-order valence-electron chi connectivity index (χ4n) is 2.68. The Morgan fingerprint density at radius 1 is 1.38 bits per heavy atom. The molecule has 1 unspecified atom stereocenters. The highest BCUT2D eigenvalue weighted by molar-refractivity contribution is 5.73. The number of nitrogens with zero attached hydrogens (tertiary/aromatic N) is 2. The third-order valence-corrected chi connectivity index (χ3v) is 4.06. The van der Waals surface area contributed by atoms with Crippen molar-refractivity contribution in [3.8, 4) is 5.88 Å². The van der Waals surface area contributed by atoms with Gasteiger partial charge in [-0.3, -0.25) is 4.79 Å². The number of nitrogens with one attached hydrogen (secondary N) is 1. The van der Waals surface area contributed by atoms with E-state index < -0.39 is 0 Å². The maximum atomic E-state index is 11.5. The van der Waals surface area contributed by atoms with Crippen molar-refractivity contribution >= 4 is 5.97 Å². The van der Waals surface area contributed by atoms with E-state index >= 15 is 0 Å². The van der Waals surface area contributed by atoms with Crippen molar-refractivity contribution in [2.24, 2.45) is 0 Å². The van der Waals surface area contributed by atoms with Gasteiger partial charge in [-0.05, 0) is 26.3 Å². The molecule has 1 N–H and O–H groups in total. The molecule has 1 saturated heterocycles. The molecule has 0 saturated carbocycles. The van der Waals surface area contributed by atoms with E-state index in [2.05, 4.69) is 22.2 Å². The summed E-state index contributed by atoms with van der Waals surface area (Å²) in [5, 5.41) is 3.39. The maximum Gasteiger partial charge on any atom is 0.310 e. The van der Waals surface area contributed by atoms with Crippen LogP contribution >= 0.6 is 0 Å². The highest BCUT2D eigenvalue weighted by Crippen LogP contribution is 2.31. The third-order valence-electron chi connectivity index (χ3n) is 4.06. The van der Waals surface area contributed by atoms with Gasteiger partial charge in [0, 0.05) is 23.2 Å². The molecule has 0 radical (unpaired) electrons. The van der Waals surface area contributed by atoms with Crippen molar-refractivity contribution < 1.29 is 14.3 Å². The minimum atomic E-state index is -0.321. The number of carbonyl (C=O) groups excluding carboxylic acids is 1. The lowest BCUT2D eigenvalue weighted by atomic mass is 9.82. The smallest absolute Gasteiger partial charge is 0.310 e. The average Bonchev–Trinajstić information content (AvgIpc) is 2.49. The van der Waals surface area contributed by atoms with Crippen LogP contribution in [0, 0.1) is 6.92 Å². The molecule has 0 spiro atoms. The number of ether oxygens (including phenoxy) is 2. The minimum absolute atomic E-state index is 0.0971. The summed E-state index contributed by atoms with van der Waals surface area (Å²) in [5.41, 5.74) is 1.37. The van der Waals surface area contributed by atoms with Gasteiger partial charge in [-0.15, -0.1) is 0 Å². The van der Waals surface area contributed by atoms with Gasteiger partial charge in [0.15, 0.2) is 0 Å². The SMILES string of the molecule is COC(=O)Cc1c(C)nc(C2(C)CCCNC2)nc1OC. The predicted molar refractivity (Wildman–Crippen MR) is 78.5 cm³/mol. The van der Waals surface area contributed by atoms with Gasteiger partial charge in [-0.25, -0.2) is 4.98 Å². The van der Waals surface area contributed by atoms with Crippen LogP contribution in [0.4, 0.5) is 0 Å². The van der Waals surface area contributed by atoms with Crippen molar-refractivity contribution in [1.82, 2.24) is 15.3 Å². The number of aryl methyl sites for hydroxylation is 1.